The summed E-state index contributed by atoms with van der Waals surface area (Å²) in [6.07, 6.45) is 1.01. The Morgan fingerprint density at radius 2 is 1.96 bits per heavy atom. The van der Waals surface area contributed by atoms with Gasteiger partial charge in [-0.3, -0.25) is 4.72 Å². The number of hydrogen-bond acceptors (Lipinski definition) is 4. The fourth-order valence-corrected chi connectivity index (χ4v) is 4.72. The molecule has 1 saturated heterocycles. The Hall–Kier alpha value is -1.47. The highest BCUT2D eigenvalue weighted by Crippen LogP contribution is 2.42. The van der Waals surface area contributed by atoms with Gasteiger partial charge in [-0.15, -0.1) is 0 Å². The number of benzene rings is 2. The molecule has 25 heavy (non-hydrogen) atoms. The molecule has 2 unspecified atom stereocenters. The Kier molecular flexibility index (Phi) is 4.32. The van der Waals surface area contributed by atoms with Crippen LogP contribution < -0.4 is 14.8 Å². The van der Waals surface area contributed by atoms with E-state index in [0.29, 0.717) is 15.7 Å². The Labute approximate surface area is 156 Å². The molecular formula is C17H16Cl2N2O3S. The lowest BCUT2D eigenvalue weighted by molar-refractivity contribution is 0.177. The van der Waals surface area contributed by atoms with Crippen LogP contribution in [0.25, 0.3) is 0 Å². The molecule has 2 aromatic rings. The zero-order valence-corrected chi connectivity index (χ0v) is 15.5. The quantitative estimate of drug-likeness (QED) is 0.827. The Balaban J connectivity index is 1.64. The van der Waals surface area contributed by atoms with Gasteiger partial charge in [-0.1, -0.05) is 23.2 Å². The van der Waals surface area contributed by atoms with E-state index < -0.39 is 10.0 Å². The number of rotatable bonds is 3. The fraction of sp³-hybridized carbons (Fsp3) is 0.294. The summed E-state index contributed by atoms with van der Waals surface area (Å²) in [6, 6.07) is 9.62. The van der Waals surface area contributed by atoms with Crippen LogP contribution >= 0.6 is 23.2 Å². The van der Waals surface area contributed by atoms with Crippen molar-refractivity contribution in [2.45, 2.75) is 23.3 Å². The van der Waals surface area contributed by atoms with Crippen molar-refractivity contribution in [1.29, 1.82) is 0 Å². The predicted octanol–water partition coefficient (Wildman–Crippen LogP) is 3.63. The van der Waals surface area contributed by atoms with E-state index in [1.165, 1.54) is 6.07 Å². The average Bonchev–Trinajstić information content (AvgIpc) is 2.96. The molecule has 2 aliphatic heterocycles. The van der Waals surface area contributed by atoms with Gasteiger partial charge < -0.3 is 10.1 Å². The molecule has 0 spiro atoms. The molecule has 2 aromatic carbocycles. The second kappa shape index (κ2) is 6.36. The van der Waals surface area contributed by atoms with E-state index in [9.17, 15) is 8.42 Å². The molecule has 5 nitrogen and oxygen atoms in total. The van der Waals surface area contributed by atoms with Crippen molar-refractivity contribution in [1.82, 2.24) is 5.32 Å². The van der Waals surface area contributed by atoms with Crippen molar-refractivity contribution in [3.8, 4) is 5.75 Å². The van der Waals surface area contributed by atoms with Gasteiger partial charge >= 0.3 is 0 Å². The first-order valence-corrected chi connectivity index (χ1v) is 10.2. The minimum absolute atomic E-state index is 0.0738. The van der Waals surface area contributed by atoms with E-state index in [-0.39, 0.29) is 16.9 Å². The summed E-state index contributed by atoms with van der Waals surface area (Å²) in [5.41, 5.74) is 1.33. The predicted molar refractivity (Wildman–Crippen MR) is 98.4 cm³/mol. The summed E-state index contributed by atoms with van der Waals surface area (Å²) >= 11 is 11.8. The Morgan fingerprint density at radius 3 is 2.76 bits per heavy atom. The molecule has 2 aliphatic rings. The molecule has 2 N–H and O–H groups in total. The van der Waals surface area contributed by atoms with Crippen LogP contribution in [0.1, 0.15) is 17.9 Å². The topological polar surface area (TPSA) is 67.4 Å². The number of ether oxygens (including phenoxy) is 1. The monoisotopic (exact) mass is 398 g/mol. The number of fused-ring (bicyclic) bond motifs is 3. The minimum atomic E-state index is -3.73. The van der Waals surface area contributed by atoms with E-state index in [2.05, 4.69) is 10.0 Å². The summed E-state index contributed by atoms with van der Waals surface area (Å²) in [5, 5.41) is 3.96. The first kappa shape index (κ1) is 17.0. The molecule has 0 aliphatic carbocycles. The van der Waals surface area contributed by atoms with Gasteiger partial charge in [0.2, 0.25) is 0 Å². The highest BCUT2D eigenvalue weighted by atomic mass is 35.5. The van der Waals surface area contributed by atoms with E-state index >= 15 is 0 Å². The third kappa shape index (κ3) is 3.19. The van der Waals surface area contributed by atoms with Gasteiger partial charge in [-0.2, -0.15) is 0 Å². The second-order valence-corrected chi connectivity index (χ2v) is 8.69. The highest BCUT2D eigenvalue weighted by Gasteiger charge is 2.36. The lowest BCUT2D eigenvalue weighted by Gasteiger charge is -2.24. The fourth-order valence-electron chi connectivity index (χ4n) is 3.34. The van der Waals surface area contributed by atoms with Gasteiger partial charge in [-0.25, -0.2) is 8.42 Å². The lowest BCUT2D eigenvalue weighted by Crippen LogP contribution is -2.39. The summed E-state index contributed by atoms with van der Waals surface area (Å²) in [6.45, 7) is 1.69. The molecule has 0 bridgehead atoms. The standard InChI is InChI=1S/C17H16Cl2N2O3S/c18-14-3-1-10(7-15(14)19)21-25(22,23)11-2-4-16-13(8-11)12-5-6-20-9-17(12)24-16/h1-4,7-8,12,17,20-21H,5-6,9H2. The van der Waals surface area contributed by atoms with Gasteiger partial charge in [0.1, 0.15) is 11.9 Å². The number of nitrogens with one attached hydrogen (secondary N) is 2. The zero-order valence-electron chi connectivity index (χ0n) is 13.1. The molecule has 2 heterocycles. The molecule has 0 saturated carbocycles. The minimum Gasteiger partial charge on any atom is -0.488 e. The van der Waals surface area contributed by atoms with E-state index in [4.69, 9.17) is 27.9 Å². The van der Waals surface area contributed by atoms with Crippen LogP contribution in [0.15, 0.2) is 41.3 Å². The van der Waals surface area contributed by atoms with E-state index in [1.54, 1.807) is 30.3 Å². The van der Waals surface area contributed by atoms with Crippen LogP contribution in [-0.4, -0.2) is 27.6 Å². The average molecular weight is 399 g/mol. The van der Waals surface area contributed by atoms with Crippen LogP contribution in [0.3, 0.4) is 0 Å². The third-order valence-electron chi connectivity index (χ3n) is 4.57. The maximum absolute atomic E-state index is 12.7. The number of halogens is 2. The van der Waals surface area contributed by atoms with Crippen molar-refractivity contribution in [2.24, 2.45) is 0 Å². The van der Waals surface area contributed by atoms with E-state index in [0.717, 1.165) is 30.8 Å². The second-order valence-electron chi connectivity index (χ2n) is 6.19. The molecule has 4 rings (SSSR count). The van der Waals surface area contributed by atoms with Gasteiger partial charge in [0, 0.05) is 18.0 Å². The summed E-state index contributed by atoms with van der Waals surface area (Å²) in [4.78, 5) is 0.208. The molecule has 8 heteroatoms. The van der Waals surface area contributed by atoms with Gasteiger partial charge in [-0.05, 0) is 49.4 Å². The smallest absolute Gasteiger partial charge is 0.261 e. The van der Waals surface area contributed by atoms with Crippen molar-refractivity contribution in [2.75, 3.05) is 17.8 Å². The zero-order chi connectivity index (χ0) is 17.6. The van der Waals surface area contributed by atoms with Crippen LogP contribution in [-0.2, 0) is 10.0 Å². The molecule has 132 valence electrons. The maximum Gasteiger partial charge on any atom is 0.261 e. The SMILES string of the molecule is O=S(=O)(Nc1ccc(Cl)c(Cl)c1)c1ccc2c(c1)C1CCNCC1O2. The number of sulfonamides is 1. The number of hydrogen-bond donors (Lipinski definition) is 2. The lowest BCUT2D eigenvalue weighted by atomic mass is 9.90. The first-order valence-electron chi connectivity index (χ1n) is 7.93. The summed E-state index contributed by atoms with van der Waals surface area (Å²) in [7, 11) is -3.73. The highest BCUT2D eigenvalue weighted by molar-refractivity contribution is 7.92. The van der Waals surface area contributed by atoms with E-state index in [1.807, 2.05) is 0 Å². The number of piperidine rings is 1. The van der Waals surface area contributed by atoms with Crippen molar-refractivity contribution in [3.63, 3.8) is 0 Å². The maximum atomic E-state index is 12.7. The number of anilines is 1. The van der Waals surface area contributed by atoms with Crippen molar-refractivity contribution in [3.05, 3.63) is 52.0 Å². The Morgan fingerprint density at radius 1 is 1.12 bits per heavy atom. The van der Waals surface area contributed by atoms with Crippen LogP contribution in [0.4, 0.5) is 5.69 Å². The van der Waals surface area contributed by atoms with Gasteiger partial charge in [0.05, 0.1) is 20.6 Å². The van der Waals surface area contributed by atoms with Gasteiger partial charge in [0.25, 0.3) is 10.0 Å². The molecule has 0 aromatic heterocycles. The van der Waals surface area contributed by atoms with Crippen molar-refractivity contribution < 1.29 is 13.2 Å². The Bertz CT molecular complexity index is 933. The largest absolute Gasteiger partial charge is 0.488 e. The molecular weight excluding hydrogens is 383 g/mol. The molecule has 0 amide bonds. The summed E-state index contributed by atoms with van der Waals surface area (Å²) < 4.78 is 33.9. The van der Waals surface area contributed by atoms with Crippen LogP contribution in [0.5, 0.6) is 5.75 Å². The molecule has 1 fully saturated rings. The van der Waals surface area contributed by atoms with Crippen molar-refractivity contribution >= 4 is 38.9 Å². The van der Waals surface area contributed by atoms with Crippen LogP contribution in [0, 0.1) is 0 Å². The first-order chi connectivity index (χ1) is 11.9. The van der Waals surface area contributed by atoms with Gasteiger partial charge in [0.15, 0.2) is 0 Å². The summed E-state index contributed by atoms with van der Waals surface area (Å²) in [5.74, 6) is 1.00. The normalized spacial score (nSPS) is 22.0. The van der Waals surface area contributed by atoms with Crippen LogP contribution in [0.2, 0.25) is 10.0 Å². The third-order valence-corrected chi connectivity index (χ3v) is 6.69. The molecule has 2 atom stereocenters. The molecule has 0 radical (unpaired) electrons.